The van der Waals surface area contributed by atoms with E-state index in [0.29, 0.717) is 19.0 Å². The molecule has 1 heterocycles. The van der Waals surface area contributed by atoms with Crippen molar-refractivity contribution < 1.29 is 13.3 Å². The summed E-state index contributed by atoms with van der Waals surface area (Å²) in [7, 11) is -3.97. The van der Waals surface area contributed by atoms with Crippen molar-refractivity contribution in [2.24, 2.45) is 5.92 Å². The van der Waals surface area contributed by atoms with Crippen molar-refractivity contribution in [3.8, 4) is 0 Å². The van der Waals surface area contributed by atoms with Gasteiger partial charge in [-0.1, -0.05) is 24.6 Å². The zero-order valence-corrected chi connectivity index (χ0v) is 15.7. The summed E-state index contributed by atoms with van der Waals surface area (Å²) < 4.78 is 26.8. The van der Waals surface area contributed by atoms with Gasteiger partial charge in [0.1, 0.15) is 0 Å². The Morgan fingerprint density at radius 2 is 2.00 bits per heavy atom. The summed E-state index contributed by atoms with van der Waals surface area (Å²) in [5, 5.41) is 14.3. The molecule has 1 aromatic rings. The lowest BCUT2D eigenvalue weighted by Crippen LogP contribution is -2.41. The standard InChI is InChI=1S/C14H20ClN3O4S.ClH/c1-2-16-10-11-6-8-17(9-7-11)23(21,22)14-12(15)4-3-5-13(14)18(19)20;/h3-5,11,16H,2,6-10H2,1H3;1H. The lowest BCUT2D eigenvalue weighted by molar-refractivity contribution is -0.387. The molecule has 1 N–H and O–H groups in total. The van der Waals surface area contributed by atoms with Crippen molar-refractivity contribution in [2.75, 3.05) is 26.2 Å². The highest BCUT2D eigenvalue weighted by Crippen LogP contribution is 2.34. The molecule has 1 aromatic carbocycles. The van der Waals surface area contributed by atoms with Crippen LogP contribution in [0.2, 0.25) is 5.02 Å². The van der Waals surface area contributed by atoms with E-state index in [0.717, 1.165) is 32.0 Å². The van der Waals surface area contributed by atoms with Gasteiger partial charge in [-0.3, -0.25) is 10.1 Å². The summed E-state index contributed by atoms with van der Waals surface area (Å²) in [5.41, 5.74) is -0.479. The number of benzene rings is 1. The van der Waals surface area contributed by atoms with Crippen LogP contribution in [0.15, 0.2) is 23.1 Å². The van der Waals surface area contributed by atoms with E-state index in [2.05, 4.69) is 5.32 Å². The highest BCUT2D eigenvalue weighted by atomic mass is 35.5. The van der Waals surface area contributed by atoms with Gasteiger partial charge >= 0.3 is 0 Å². The molecular formula is C14H21Cl2N3O4S. The molecule has 136 valence electrons. The van der Waals surface area contributed by atoms with Gasteiger partial charge in [0.25, 0.3) is 15.7 Å². The maximum Gasteiger partial charge on any atom is 0.290 e. The van der Waals surface area contributed by atoms with Gasteiger partial charge in [-0.2, -0.15) is 4.31 Å². The Kier molecular flexibility index (Phi) is 7.88. The largest absolute Gasteiger partial charge is 0.317 e. The number of nitro groups is 1. The summed E-state index contributed by atoms with van der Waals surface area (Å²) in [6.45, 7) is 4.46. The summed E-state index contributed by atoms with van der Waals surface area (Å²) in [5.74, 6) is 0.419. The summed E-state index contributed by atoms with van der Waals surface area (Å²) in [6.07, 6.45) is 1.45. The molecule has 1 saturated heterocycles. The molecule has 0 aliphatic carbocycles. The van der Waals surface area contributed by atoms with Crippen molar-refractivity contribution in [2.45, 2.75) is 24.7 Å². The lowest BCUT2D eigenvalue weighted by Gasteiger charge is -2.31. The number of rotatable bonds is 6. The van der Waals surface area contributed by atoms with E-state index in [9.17, 15) is 18.5 Å². The normalized spacial score (nSPS) is 16.6. The quantitative estimate of drug-likeness (QED) is 0.588. The molecule has 10 heteroatoms. The first-order valence-corrected chi connectivity index (χ1v) is 9.33. The van der Waals surface area contributed by atoms with Crippen LogP contribution in [0.1, 0.15) is 19.8 Å². The predicted molar refractivity (Wildman–Crippen MR) is 95.4 cm³/mol. The topological polar surface area (TPSA) is 92.6 Å². The zero-order valence-electron chi connectivity index (χ0n) is 13.3. The van der Waals surface area contributed by atoms with Gasteiger partial charge < -0.3 is 5.32 Å². The Morgan fingerprint density at radius 3 is 2.54 bits per heavy atom. The Morgan fingerprint density at radius 1 is 1.38 bits per heavy atom. The van der Waals surface area contributed by atoms with E-state index < -0.39 is 25.5 Å². The Labute approximate surface area is 153 Å². The Hall–Kier alpha value is -0.930. The number of nitrogens with one attached hydrogen (secondary N) is 1. The van der Waals surface area contributed by atoms with Crippen LogP contribution in [0.3, 0.4) is 0 Å². The molecule has 24 heavy (non-hydrogen) atoms. The number of hydrogen-bond donors (Lipinski definition) is 1. The van der Waals surface area contributed by atoms with Crippen molar-refractivity contribution in [1.82, 2.24) is 9.62 Å². The van der Waals surface area contributed by atoms with Gasteiger partial charge in [0.15, 0.2) is 4.90 Å². The number of hydrogen-bond acceptors (Lipinski definition) is 5. The van der Waals surface area contributed by atoms with E-state index in [1.807, 2.05) is 6.92 Å². The molecule has 0 amide bonds. The summed E-state index contributed by atoms with van der Waals surface area (Å²) in [4.78, 5) is 10.0. The minimum absolute atomic E-state index is 0. The molecule has 0 spiro atoms. The van der Waals surface area contributed by atoms with Crippen LogP contribution in [0.25, 0.3) is 0 Å². The number of nitrogens with zero attached hydrogens (tertiary/aromatic N) is 2. The third-order valence-electron chi connectivity index (χ3n) is 4.00. The fourth-order valence-electron chi connectivity index (χ4n) is 2.73. The fourth-order valence-corrected chi connectivity index (χ4v) is 4.86. The summed E-state index contributed by atoms with van der Waals surface area (Å²) in [6, 6.07) is 3.90. The maximum atomic E-state index is 12.8. The monoisotopic (exact) mass is 397 g/mol. The van der Waals surface area contributed by atoms with Crippen molar-refractivity contribution in [3.63, 3.8) is 0 Å². The molecular weight excluding hydrogens is 377 g/mol. The number of nitro benzene ring substituents is 1. The number of sulfonamides is 1. The van der Waals surface area contributed by atoms with Crippen LogP contribution in [0.4, 0.5) is 5.69 Å². The molecule has 1 aliphatic heterocycles. The second-order valence-electron chi connectivity index (χ2n) is 5.50. The lowest BCUT2D eigenvalue weighted by atomic mass is 9.98. The smallest absolute Gasteiger partial charge is 0.290 e. The molecule has 0 unspecified atom stereocenters. The van der Waals surface area contributed by atoms with E-state index >= 15 is 0 Å². The highest BCUT2D eigenvalue weighted by molar-refractivity contribution is 7.89. The zero-order chi connectivity index (χ0) is 17.0. The van der Waals surface area contributed by atoms with Gasteiger partial charge in [0.2, 0.25) is 0 Å². The van der Waals surface area contributed by atoms with E-state index in [4.69, 9.17) is 11.6 Å². The molecule has 0 aromatic heterocycles. The van der Waals surface area contributed by atoms with Crippen molar-refractivity contribution in [1.29, 1.82) is 0 Å². The van der Waals surface area contributed by atoms with E-state index in [1.54, 1.807) is 0 Å². The van der Waals surface area contributed by atoms with E-state index in [1.165, 1.54) is 16.4 Å². The second-order valence-corrected chi connectivity index (χ2v) is 7.78. The molecule has 7 nitrogen and oxygen atoms in total. The molecule has 0 saturated carbocycles. The third kappa shape index (κ3) is 4.58. The van der Waals surface area contributed by atoms with Crippen molar-refractivity contribution >= 4 is 39.7 Å². The molecule has 1 fully saturated rings. The minimum atomic E-state index is -3.97. The van der Waals surface area contributed by atoms with Gasteiger partial charge in [0.05, 0.1) is 9.95 Å². The van der Waals surface area contributed by atoms with Crippen LogP contribution in [-0.2, 0) is 10.0 Å². The van der Waals surface area contributed by atoms with Crippen LogP contribution >= 0.6 is 24.0 Å². The van der Waals surface area contributed by atoms with Gasteiger partial charge in [-0.25, -0.2) is 8.42 Å². The average Bonchev–Trinajstić information content (AvgIpc) is 2.52. The fraction of sp³-hybridized carbons (Fsp3) is 0.571. The number of halogens is 2. The average molecular weight is 398 g/mol. The maximum absolute atomic E-state index is 12.8. The molecule has 0 atom stereocenters. The third-order valence-corrected chi connectivity index (χ3v) is 6.41. The van der Waals surface area contributed by atoms with Crippen LogP contribution in [0.5, 0.6) is 0 Å². The molecule has 0 bridgehead atoms. The second kappa shape index (κ2) is 8.96. The summed E-state index contributed by atoms with van der Waals surface area (Å²) >= 11 is 5.95. The SMILES string of the molecule is CCNCC1CCN(S(=O)(=O)c2c(Cl)cccc2[N+](=O)[O-])CC1.Cl. The highest BCUT2D eigenvalue weighted by Gasteiger charge is 2.36. The Bertz CT molecular complexity index is 677. The predicted octanol–water partition coefficient (Wildman–Crippen LogP) is 2.68. The van der Waals surface area contributed by atoms with Gasteiger partial charge in [-0.15, -0.1) is 12.4 Å². The van der Waals surface area contributed by atoms with E-state index in [-0.39, 0.29) is 17.4 Å². The van der Waals surface area contributed by atoms with Gasteiger partial charge in [-0.05, 0) is 37.9 Å². The van der Waals surface area contributed by atoms with Crippen LogP contribution in [-0.4, -0.2) is 43.8 Å². The first-order valence-electron chi connectivity index (χ1n) is 7.51. The first-order chi connectivity index (χ1) is 10.9. The van der Waals surface area contributed by atoms with Crippen LogP contribution in [0, 0.1) is 16.0 Å². The molecule has 2 rings (SSSR count). The van der Waals surface area contributed by atoms with Crippen molar-refractivity contribution in [3.05, 3.63) is 33.3 Å². The minimum Gasteiger partial charge on any atom is -0.317 e. The Balaban J connectivity index is 0.00000288. The molecule has 0 radical (unpaired) electrons. The number of piperidine rings is 1. The van der Waals surface area contributed by atoms with Gasteiger partial charge in [0, 0.05) is 19.2 Å². The van der Waals surface area contributed by atoms with Crippen LogP contribution < -0.4 is 5.32 Å². The molecule has 1 aliphatic rings. The first kappa shape index (κ1) is 21.1.